The fraction of sp³-hybridized carbons (Fsp3) is 0.677. The molecule has 0 aliphatic carbocycles. The number of carbonyl (C=O) groups is 3. The summed E-state index contributed by atoms with van der Waals surface area (Å²) in [5.41, 5.74) is 0. The number of unbranched alkanes of at least 4 members (excludes halogenated alkanes) is 23. The van der Waals surface area contributed by atoms with E-state index in [1.807, 2.05) is 0 Å². The first-order chi connectivity index (χ1) is 35.0. The van der Waals surface area contributed by atoms with Crippen molar-refractivity contribution in [3.05, 3.63) is 109 Å². The topological polar surface area (TPSA) is 78.9 Å². The standard InChI is InChI=1S/C65H108O6/c1-4-7-10-13-16-19-22-25-28-30-32-34-37-40-43-46-49-52-55-58-64(67)70-61-62(60-69-63(66)57-54-51-48-45-42-39-36-27-24-21-18-15-12-9-6-3)71-65(68)59-56-53-50-47-44-41-38-35-33-31-29-26-23-20-17-14-11-8-5-2/h7,10,16-21,25-29,32,34,36,40,43,62H,4-6,8-9,11-15,22-24,30-31,33,35,37-39,41-42,44-61H2,1-3H3/b10-7-,19-16-,20-17-,21-18-,28-25-,29-26-,34-32-,36-27-,43-40-/t62-/m1/s1. The molecule has 404 valence electrons. The molecule has 0 saturated heterocycles. The first-order valence-corrected chi connectivity index (χ1v) is 29.4. The van der Waals surface area contributed by atoms with Gasteiger partial charge in [-0.2, -0.15) is 0 Å². The normalized spacial score (nSPS) is 12.9. The Hall–Kier alpha value is -3.93. The fourth-order valence-electron chi connectivity index (χ4n) is 7.82. The number of carbonyl (C=O) groups excluding carboxylic acids is 3. The van der Waals surface area contributed by atoms with Gasteiger partial charge in [0, 0.05) is 19.3 Å². The van der Waals surface area contributed by atoms with Gasteiger partial charge in [-0.3, -0.25) is 14.4 Å². The first-order valence-electron chi connectivity index (χ1n) is 29.4. The van der Waals surface area contributed by atoms with E-state index in [1.165, 1.54) is 96.3 Å². The lowest BCUT2D eigenvalue weighted by Crippen LogP contribution is -2.30. The molecule has 0 N–H and O–H groups in total. The molecule has 0 aliphatic rings. The molecule has 0 aromatic carbocycles. The van der Waals surface area contributed by atoms with E-state index >= 15 is 0 Å². The third-order valence-electron chi connectivity index (χ3n) is 12.2. The van der Waals surface area contributed by atoms with E-state index < -0.39 is 6.10 Å². The summed E-state index contributed by atoms with van der Waals surface area (Å²) in [4.78, 5) is 38.2. The molecule has 0 fully saturated rings. The van der Waals surface area contributed by atoms with Crippen molar-refractivity contribution >= 4 is 17.9 Å². The van der Waals surface area contributed by atoms with Crippen LogP contribution in [-0.2, 0) is 28.6 Å². The Morgan fingerprint density at radius 1 is 0.296 bits per heavy atom. The molecule has 71 heavy (non-hydrogen) atoms. The van der Waals surface area contributed by atoms with Gasteiger partial charge in [0.25, 0.3) is 0 Å². The summed E-state index contributed by atoms with van der Waals surface area (Å²) in [7, 11) is 0. The summed E-state index contributed by atoms with van der Waals surface area (Å²) in [5, 5.41) is 0. The number of allylic oxidation sites excluding steroid dienone is 18. The number of hydrogen-bond donors (Lipinski definition) is 0. The van der Waals surface area contributed by atoms with Crippen LogP contribution in [0.5, 0.6) is 0 Å². The van der Waals surface area contributed by atoms with Crippen LogP contribution >= 0.6 is 0 Å². The fourth-order valence-corrected chi connectivity index (χ4v) is 7.82. The van der Waals surface area contributed by atoms with Gasteiger partial charge in [-0.1, -0.05) is 226 Å². The molecule has 0 rings (SSSR count). The summed E-state index contributed by atoms with van der Waals surface area (Å²) >= 11 is 0. The lowest BCUT2D eigenvalue weighted by atomic mass is 10.1. The maximum absolute atomic E-state index is 12.9. The van der Waals surface area contributed by atoms with Crippen molar-refractivity contribution in [1.82, 2.24) is 0 Å². The molecular formula is C65H108O6. The van der Waals surface area contributed by atoms with Crippen molar-refractivity contribution in [2.45, 2.75) is 271 Å². The average Bonchev–Trinajstić information content (AvgIpc) is 3.37. The van der Waals surface area contributed by atoms with E-state index in [0.717, 1.165) is 128 Å². The second kappa shape index (κ2) is 58.6. The summed E-state index contributed by atoms with van der Waals surface area (Å²) in [5.74, 6) is -0.947. The molecule has 1 atom stereocenters. The molecule has 0 unspecified atom stereocenters. The smallest absolute Gasteiger partial charge is 0.306 e. The van der Waals surface area contributed by atoms with Crippen molar-refractivity contribution < 1.29 is 28.6 Å². The zero-order valence-corrected chi connectivity index (χ0v) is 46.2. The lowest BCUT2D eigenvalue weighted by Gasteiger charge is -2.18. The minimum atomic E-state index is -0.803. The molecule has 0 aromatic rings. The molecule has 0 amide bonds. The summed E-state index contributed by atoms with van der Waals surface area (Å²) in [6.45, 7) is 6.44. The van der Waals surface area contributed by atoms with Crippen LogP contribution in [0.1, 0.15) is 265 Å². The van der Waals surface area contributed by atoms with E-state index in [1.54, 1.807) is 0 Å². The molecule has 0 radical (unpaired) electrons. The van der Waals surface area contributed by atoms with Crippen molar-refractivity contribution in [2.75, 3.05) is 13.2 Å². The van der Waals surface area contributed by atoms with Crippen LogP contribution in [-0.4, -0.2) is 37.2 Å². The largest absolute Gasteiger partial charge is 0.462 e. The Kier molecular flexibility index (Phi) is 55.4. The monoisotopic (exact) mass is 985 g/mol. The van der Waals surface area contributed by atoms with Crippen LogP contribution in [0.2, 0.25) is 0 Å². The summed E-state index contributed by atoms with van der Waals surface area (Å²) in [6.07, 6.45) is 79.3. The van der Waals surface area contributed by atoms with Gasteiger partial charge in [-0.25, -0.2) is 0 Å². The highest BCUT2D eigenvalue weighted by Gasteiger charge is 2.19. The molecule has 0 aromatic heterocycles. The Morgan fingerprint density at radius 2 is 0.549 bits per heavy atom. The first kappa shape index (κ1) is 67.1. The molecule has 6 nitrogen and oxygen atoms in total. The van der Waals surface area contributed by atoms with Crippen LogP contribution in [0.4, 0.5) is 0 Å². The number of rotatable bonds is 52. The van der Waals surface area contributed by atoms with Crippen molar-refractivity contribution in [3.8, 4) is 0 Å². The van der Waals surface area contributed by atoms with Gasteiger partial charge in [0.15, 0.2) is 6.10 Å². The number of hydrogen-bond acceptors (Lipinski definition) is 6. The number of ether oxygens (including phenoxy) is 3. The zero-order chi connectivity index (χ0) is 51.4. The third-order valence-corrected chi connectivity index (χ3v) is 12.2. The lowest BCUT2D eigenvalue weighted by molar-refractivity contribution is -0.167. The zero-order valence-electron chi connectivity index (χ0n) is 46.2. The second-order valence-corrected chi connectivity index (χ2v) is 19.2. The van der Waals surface area contributed by atoms with Gasteiger partial charge >= 0.3 is 17.9 Å². The third kappa shape index (κ3) is 56.9. The van der Waals surface area contributed by atoms with Crippen molar-refractivity contribution in [3.63, 3.8) is 0 Å². The van der Waals surface area contributed by atoms with Gasteiger partial charge < -0.3 is 14.2 Å². The SMILES string of the molecule is CC/C=C\C/C=C\C/C=C\C/C=C\C/C=C\CCCCCC(=O)OC[C@@H](COC(=O)CCCCCCC/C=C\C/C=C\CCCCC)OC(=O)CCCCCCCCCCC/C=C\C/C=C\CCCCC. The van der Waals surface area contributed by atoms with E-state index in [9.17, 15) is 14.4 Å². The van der Waals surface area contributed by atoms with Crippen molar-refractivity contribution in [1.29, 1.82) is 0 Å². The van der Waals surface area contributed by atoms with Gasteiger partial charge in [0.05, 0.1) is 0 Å². The van der Waals surface area contributed by atoms with E-state index in [-0.39, 0.29) is 31.1 Å². The van der Waals surface area contributed by atoms with E-state index in [2.05, 4.69) is 130 Å². The molecule has 0 aliphatic heterocycles. The van der Waals surface area contributed by atoms with Gasteiger partial charge in [-0.15, -0.1) is 0 Å². The van der Waals surface area contributed by atoms with Crippen LogP contribution in [0, 0.1) is 0 Å². The Balaban J connectivity index is 4.48. The van der Waals surface area contributed by atoms with E-state index in [4.69, 9.17) is 14.2 Å². The van der Waals surface area contributed by atoms with Crippen molar-refractivity contribution in [2.24, 2.45) is 0 Å². The minimum absolute atomic E-state index is 0.0990. The van der Waals surface area contributed by atoms with Crippen LogP contribution in [0.25, 0.3) is 0 Å². The predicted octanol–water partition coefficient (Wildman–Crippen LogP) is 19.9. The molecule has 0 saturated carbocycles. The maximum Gasteiger partial charge on any atom is 0.306 e. The molecule has 0 heterocycles. The average molecular weight is 986 g/mol. The Labute approximate surface area is 438 Å². The number of esters is 3. The van der Waals surface area contributed by atoms with E-state index in [0.29, 0.717) is 19.3 Å². The van der Waals surface area contributed by atoms with Crippen LogP contribution < -0.4 is 0 Å². The predicted molar refractivity (Wildman–Crippen MR) is 307 cm³/mol. The summed E-state index contributed by atoms with van der Waals surface area (Å²) < 4.78 is 16.8. The Bertz CT molecular complexity index is 1460. The molecule has 0 bridgehead atoms. The minimum Gasteiger partial charge on any atom is -0.462 e. The highest BCUT2D eigenvalue weighted by molar-refractivity contribution is 5.71. The molecular weight excluding hydrogens is 877 g/mol. The summed E-state index contributed by atoms with van der Waals surface area (Å²) in [6, 6.07) is 0. The van der Waals surface area contributed by atoms with Crippen LogP contribution in [0.3, 0.4) is 0 Å². The molecule has 0 spiro atoms. The highest BCUT2D eigenvalue weighted by atomic mass is 16.6. The van der Waals surface area contributed by atoms with Crippen LogP contribution in [0.15, 0.2) is 109 Å². The second-order valence-electron chi connectivity index (χ2n) is 19.2. The Morgan fingerprint density at radius 3 is 0.873 bits per heavy atom. The quantitative estimate of drug-likeness (QED) is 0.0261. The highest BCUT2D eigenvalue weighted by Crippen LogP contribution is 2.14. The molecule has 6 heteroatoms. The van der Waals surface area contributed by atoms with Gasteiger partial charge in [0.2, 0.25) is 0 Å². The maximum atomic E-state index is 12.9. The van der Waals surface area contributed by atoms with Gasteiger partial charge in [0.1, 0.15) is 13.2 Å². The van der Waals surface area contributed by atoms with Gasteiger partial charge in [-0.05, 0) is 128 Å².